The normalized spacial score (nSPS) is 16.2. The lowest BCUT2D eigenvalue weighted by molar-refractivity contribution is 0.384. The van der Waals surface area contributed by atoms with Crippen LogP contribution < -0.4 is 10.6 Å². The number of sulfonamides is 1. The molecule has 25 heavy (non-hydrogen) atoms. The summed E-state index contributed by atoms with van der Waals surface area (Å²) < 4.78 is 27.0. The molecule has 2 heterocycles. The maximum atomic E-state index is 12.8. The van der Waals surface area contributed by atoms with E-state index in [9.17, 15) is 8.42 Å². The van der Waals surface area contributed by atoms with Crippen LogP contribution >= 0.6 is 34.8 Å². The summed E-state index contributed by atoms with van der Waals surface area (Å²) in [6.45, 7) is 1.41. The summed E-state index contributed by atoms with van der Waals surface area (Å²) in [7, 11) is -3.73. The number of benzene rings is 1. The number of nitrogen functional groups attached to an aromatic ring is 1. The molecule has 0 unspecified atom stereocenters. The zero-order chi connectivity index (χ0) is 18.2. The molecule has 0 atom stereocenters. The number of piperazine rings is 1. The number of hydrogen-bond donors (Lipinski definition) is 1. The van der Waals surface area contributed by atoms with Crippen LogP contribution in [0.3, 0.4) is 0 Å². The summed E-state index contributed by atoms with van der Waals surface area (Å²) in [4.78, 5) is 9.85. The lowest BCUT2D eigenvalue weighted by Crippen LogP contribution is -2.49. The van der Waals surface area contributed by atoms with Crippen LogP contribution in [0, 0.1) is 0 Å². The number of anilines is 2. The van der Waals surface area contributed by atoms with Crippen LogP contribution in [0.4, 0.5) is 11.8 Å². The van der Waals surface area contributed by atoms with E-state index < -0.39 is 10.0 Å². The number of hydrogen-bond acceptors (Lipinski definition) is 6. The quantitative estimate of drug-likeness (QED) is 0.764. The Labute approximate surface area is 160 Å². The van der Waals surface area contributed by atoms with Gasteiger partial charge in [-0.1, -0.05) is 34.8 Å². The summed E-state index contributed by atoms with van der Waals surface area (Å²) in [6.07, 6.45) is 0. The molecule has 11 heteroatoms. The molecule has 1 fully saturated rings. The number of nitrogens with two attached hydrogens (primary N) is 1. The predicted molar refractivity (Wildman–Crippen MR) is 98.9 cm³/mol. The maximum absolute atomic E-state index is 12.8. The monoisotopic (exact) mass is 421 g/mol. The molecule has 0 bridgehead atoms. The van der Waals surface area contributed by atoms with Crippen molar-refractivity contribution in [3.63, 3.8) is 0 Å². The topological polar surface area (TPSA) is 92.4 Å². The van der Waals surface area contributed by atoms with Crippen molar-refractivity contribution in [1.29, 1.82) is 0 Å². The van der Waals surface area contributed by atoms with Crippen molar-refractivity contribution in [2.75, 3.05) is 36.8 Å². The highest BCUT2D eigenvalue weighted by molar-refractivity contribution is 7.89. The van der Waals surface area contributed by atoms with Gasteiger partial charge in [-0.3, -0.25) is 0 Å². The van der Waals surface area contributed by atoms with E-state index in [0.29, 0.717) is 23.9 Å². The smallest absolute Gasteiger partial charge is 0.244 e. The van der Waals surface area contributed by atoms with Gasteiger partial charge < -0.3 is 10.6 Å². The maximum Gasteiger partial charge on any atom is 0.244 e. The Morgan fingerprint density at radius 2 is 1.68 bits per heavy atom. The Morgan fingerprint density at radius 3 is 2.32 bits per heavy atom. The number of aromatic nitrogens is 2. The highest BCUT2D eigenvalue weighted by Gasteiger charge is 2.30. The van der Waals surface area contributed by atoms with Crippen molar-refractivity contribution in [3.05, 3.63) is 39.5 Å². The lowest BCUT2D eigenvalue weighted by Gasteiger charge is -2.34. The zero-order valence-electron chi connectivity index (χ0n) is 12.9. The largest absolute Gasteiger partial charge is 0.368 e. The first-order chi connectivity index (χ1) is 11.8. The Morgan fingerprint density at radius 1 is 1.00 bits per heavy atom. The molecule has 134 valence electrons. The first-order valence-electron chi connectivity index (χ1n) is 7.27. The van der Waals surface area contributed by atoms with Crippen LogP contribution in [0.2, 0.25) is 15.2 Å². The first kappa shape index (κ1) is 18.5. The fourth-order valence-corrected chi connectivity index (χ4v) is 4.90. The molecule has 3 rings (SSSR count). The highest BCUT2D eigenvalue weighted by Crippen LogP contribution is 2.29. The molecule has 0 aliphatic carbocycles. The summed E-state index contributed by atoms with van der Waals surface area (Å²) in [5.74, 6) is 0.638. The van der Waals surface area contributed by atoms with Gasteiger partial charge in [-0.15, -0.1) is 0 Å². The van der Waals surface area contributed by atoms with Gasteiger partial charge in [0.15, 0.2) is 0 Å². The molecule has 1 aliphatic heterocycles. The molecular formula is C14H14Cl3N5O2S. The van der Waals surface area contributed by atoms with Gasteiger partial charge in [0.05, 0.1) is 5.02 Å². The summed E-state index contributed by atoms with van der Waals surface area (Å²) in [6, 6.07) is 5.97. The van der Waals surface area contributed by atoms with Crippen LogP contribution in [0.5, 0.6) is 0 Å². The van der Waals surface area contributed by atoms with Crippen molar-refractivity contribution < 1.29 is 8.42 Å². The van der Waals surface area contributed by atoms with Gasteiger partial charge in [0.25, 0.3) is 0 Å². The van der Waals surface area contributed by atoms with E-state index in [4.69, 9.17) is 40.5 Å². The van der Waals surface area contributed by atoms with Crippen LogP contribution in [0.25, 0.3) is 0 Å². The molecule has 0 spiro atoms. The van der Waals surface area contributed by atoms with E-state index in [1.807, 2.05) is 4.90 Å². The van der Waals surface area contributed by atoms with Gasteiger partial charge in [-0.2, -0.15) is 9.29 Å². The molecule has 1 aromatic heterocycles. The summed E-state index contributed by atoms with van der Waals surface area (Å²) in [5, 5.41) is 0.693. The average molecular weight is 423 g/mol. The van der Waals surface area contributed by atoms with Crippen molar-refractivity contribution in [2.24, 2.45) is 0 Å². The van der Waals surface area contributed by atoms with Crippen LogP contribution in [0.15, 0.2) is 29.2 Å². The van der Waals surface area contributed by atoms with E-state index in [1.165, 1.54) is 16.4 Å². The molecule has 2 N–H and O–H groups in total. The van der Waals surface area contributed by atoms with E-state index in [-0.39, 0.29) is 34.1 Å². The summed E-state index contributed by atoms with van der Waals surface area (Å²) in [5.41, 5.74) is 5.60. The third kappa shape index (κ3) is 3.93. The zero-order valence-corrected chi connectivity index (χ0v) is 15.9. The second kappa shape index (κ2) is 7.13. The molecule has 1 aliphatic rings. The van der Waals surface area contributed by atoms with E-state index in [1.54, 1.807) is 12.1 Å². The number of rotatable bonds is 3. The van der Waals surface area contributed by atoms with Gasteiger partial charge >= 0.3 is 0 Å². The molecule has 0 radical (unpaired) electrons. The fraction of sp³-hybridized carbons (Fsp3) is 0.286. The van der Waals surface area contributed by atoms with Crippen molar-refractivity contribution in [2.45, 2.75) is 4.90 Å². The SMILES string of the molecule is Nc1nc(Cl)cc(N2CCN(S(=O)(=O)c3cc(Cl)ccc3Cl)CC2)n1. The Bertz CT molecular complexity index is 881. The second-order valence-electron chi connectivity index (χ2n) is 5.37. The molecule has 1 saturated heterocycles. The molecule has 0 amide bonds. The van der Waals surface area contributed by atoms with Gasteiger partial charge in [-0.05, 0) is 18.2 Å². The van der Waals surface area contributed by atoms with Crippen LogP contribution in [-0.4, -0.2) is 48.9 Å². The molecule has 7 nitrogen and oxygen atoms in total. The standard InChI is InChI=1S/C14H14Cl3N5O2S/c15-9-1-2-10(16)11(7-9)25(23,24)22-5-3-21(4-6-22)13-8-12(17)19-14(18)20-13/h1-2,7-8H,3-6H2,(H2,18,19,20). The Kier molecular flexibility index (Phi) is 5.26. The fourth-order valence-electron chi connectivity index (χ4n) is 2.56. The number of nitrogens with zero attached hydrogens (tertiary/aromatic N) is 4. The van der Waals surface area contributed by atoms with Crippen LogP contribution in [-0.2, 0) is 10.0 Å². The second-order valence-corrected chi connectivity index (χ2v) is 8.51. The third-order valence-electron chi connectivity index (χ3n) is 3.77. The first-order valence-corrected chi connectivity index (χ1v) is 9.85. The highest BCUT2D eigenvalue weighted by atomic mass is 35.5. The minimum atomic E-state index is -3.73. The van der Waals surface area contributed by atoms with Gasteiger partial charge in [-0.25, -0.2) is 13.4 Å². The van der Waals surface area contributed by atoms with E-state index >= 15 is 0 Å². The van der Waals surface area contributed by atoms with Crippen molar-refractivity contribution >= 4 is 56.6 Å². The Balaban J connectivity index is 1.78. The molecular weight excluding hydrogens is 409 g/mol. The minimum absolute atomic E-state index is 0.00411. The minimum Gasteiger partial charge on any atom is -0.368 e. The van der Waals surface area contributed by atoms with Crippen molar-refractivity contribution in [3.8, 4) is 0 Å². The molecule has 1 aromatic carbocycles. The third-order valence-corrected chi connectivity index (χ3v) is 6.58. The predicted octanol–water partition coefficient (Wildman–Crippen LogP) is 2.53. The Hall–Kier alpha value is -1.32. The van der Waals surface area contributed by atoms with Gasteiger partial charge in [0.1, 0.15) is 15.9 Å². The summed E-state index contributed by atoms with van der Waals surface area (Å²) >= 11 is 17.8. The van der Waals surface area contributed by atoms with E-state index in [2.05, 4.69) is 9.97 Å². The van der Waals surface area contributed by atoms with Gasteiger partial charge in [0, 0.05) is 37.3 Å². The lowest BCUT2D eigenvalue weighted by atomic mass is 10.3. The molecule has 2 aromatic rings. The van der Waals surface area contributed by atoms with Crippen molar-refractivity contribution in [1.82, 2.24) is 14.3 Å². The van der Waals surface area contributed by atoms with Crippen LogP contribution in [0.1, 0.15) is 0 Å². The average Bonchev–Trinajstić information content (AvgIpc) is 2.56. The van der Waals surface area contributed by atoms with E-state index in [0.717, 1.165) is 0 Å². The number of halogens is 3. The molecule has 0 saturated carbocycles. The van der Waals surface area contributed by atoms with Gasteiger partial charge in [0.2, 0.25) is 16.0 Å².